The number of halogens is 1. The number of hydrogen-bond donors (Lipinski definition) is 3. The molecule has 0 saturated carbocycles. The highest BCUT2D eigenvalue weighted by molar-refractivity contribution is 6.15. The van der Waals surface area contributed by atoms with E-state index in [4.69, 9.17) is 9.47 Å². The van der Waals surface area contributed by atoms with Crippen molar-refractivity contribution in [1.82, 2.24) is 15.2 Å². The van der Waals surface area contributed by atoms with Crippen LogP contribution in [-0.4, -0.2) is 40.4 Å². The van der Waals surface area contributed by atoms with Crippen LogP contribution in [0.1, 0.15) is 16.7 Å². The van der Waals surface area contributed by atoms with Crippen molar-refractivity contribution >= 4 is 34.3 Å². The molecule has 4 atom stereocenters. The molecule has 4 aliphatic heterocycles. The topological polar surface area (TPSA) is 113 Å². The van der Waals surface area contributed by atoms with E-state index in [9.17, 15) is 18.8 Å². The molecule has 3 amide bonds. The number of likely N-dealkylation sites (tertiary alicyclic amines) is 1. The maximum atomic E-state index is 14.5. The van der Waals surface area contributed by atoms with Crippen LogP contribution < -0.4 is 20.1 Å². The number of carbonyl (C=O) groups is 3. The Hall–Kier alpha value is -4.70. The van der Waals surface area contributed by atoms with E-state index in [0.717, 1.165) is 16.5 Å². The summed E-state index contributed by atoms with van der Waals surface area (Å²) in [5.74, 6) is -2.52. The van der Waals surface area contributed by atoms with Crippen LogP contribution in [0.3, 0.4) is 0 Å². The van der Waals surface area contributed by atoms with Crippen molar-refractivity contribution in [1.29, 1.82) is 0 Å². The molecule has 2 fully saturated rings. The predicted octanol–water partition coefficient (Wildman–Crippen LogP) is 3.20. The lowest BCUT2D eigenvalue weighted by Crippen LogP contribution is -2.53. The SMILES string of the molecule is O=C1[C@@H]2[C@H](Cc3c[nH]c4ccccc34)N[C@@]3(C(=O)Nc4ccc(F)cc43)[C@@H]2C(=O)N1Cc1ccc2c(c1)OCO2. The van der Waals surface area contributed by atoms with Crippen molar-refractivity contribution < 1.29 is 28.2 Å². The Bertz CT molecular complexity index is 1770. The lowest BCUT2D eigenvalue weighted by molar-refractivity contribution is -0.143. The number of benzene rings is 3. The zero-order chi connectivity index (χ0) is 27.2. The average molecular weight is 539 g/mol. The summed E-state index contributed by atoms with van der Waals surface area (Å²) in [5.41, 5.74) is 1.81. The van der Waals surface area contributed by atoms with E-state index in [1.807, 2.05) is 30.5 Å². The number of aromatic nitrogens is 1. The third-order valence-corrected chi connectivity index (χ3v) is 8.66. The molecule has 9 nitrogen and oxygen atoms in total. The van der Waals surface area contributed by atoms with Crippen molar-refractivity contribution in [2.75, 3.05) is 12.1 Å². The Labute approximate surface area is 227 Å². The minimum atomic E-state index is -1.57. The van der Waals surface area contributed by atoms with Crippen molar-refractivity contribution in [2.45, 2.75) is 24.5 Å². The van der Waals surface area contributed by atoms with Crippen molar-refractivity contribution in [3.63, 3.8) is 0 Å². The summed E-state index contributed by atoms with van der Waals surface area (Å²) >= 11 is 0. The maximum absolute atomic E-state index is 14.5. The number of nitrogens with zero attached hydrogens (tertiary/aromatic N) is 1. The van der Waals surface area contributed by atoms with Gasteiger partial charge in [0, 0.05) is 34.4 Å². The summed E-state index contributed by atoms with van der Waals surface area (Å²) in [7, 11) is 0. The van der Waals surface area contributed by atoms with Crippen LogP contribution in [0, 0.1) is 17.7 Å². The van der Waals surface area contributed by atoms with Gasteiger partial charge in [-0.3, -0.25) is 24.6 Å². The molecule has 40 heavy (non-hydrogen) atoms. The minimum absolute atomic E-state index is 0.0226. The summed E-state index contributed by atoms with van der Waals surface area (Å²) in [6.07, 6.45) is 2.28. The molecular weight excluding hydrogens is 515 g/mol. The molecule has 2 saturated heterocycles. The number of aromatic amines is 1. The monoisotopic (exact) mass is 538 g/mol. The molecule has 5 heterocycles. The average Bonchev–Trinajstić information content (AvgIpc) is 3.75. The fourth-order valence-corrected chi connectivity index (χ4v) is 6.92. The number of imide groups is 1. The Morgan fingerprint density at radius 1 is 0.975 bits per heavy atom. The zero-order valence-corrected chi connectivity index (χ0v) is 21.1. The van der Waals surface area contributed by atoms with Crippen LogP contribution in [0.5, 0.6) is 11.5 Å². The summed E-state index contributed by atoms with van der Waals surface area (Å²) in [6, 6.07) is 16.6. The normalized spacial score (nSPS) is 26.2. The number of ether oxygens (including phenoxy) is 2. The van der Waals surface area contributed by atoms with Crippen molar-refractivity contribution in [3.05, 3.63) is 89.4 Å². The Morgan fingerprint density at radius 2 is 1.82 bits per heavy atom. The maximum Gasteiger partial charge on any atom is 0.250 e. The summed E-state index contributed by atoms with van der Waals surface area (Å²) in [4.78, 5) is 46.4. The molecule has 4 aromatic rings. The number of para-hydroxylation sites is 1. The summed E-state index contributed by atoms with van der Waals surface area (Å²) in [5, 5.41) is 7.21. The lowest BCUT2D eigenvalue weighted by Gasteiger charge is -2.29. The predicted molar refractivity (Wildman–Crippen MR) is 141 cm³/mol. The molecule has 0 bridgehead atoms. The van der Waals surface area contributed by atoms with E-state index in [2.05, 4.69) is 15.6 Å². The highest BCUT2D eigenvalue weighted by atomic mass is 19.1. The highest BCUT2D eigenvalue weighted by Crippen LogP contribution is 2.53. The summed E-state index contributed by atoms with van der Waals surface area (Å²) < 4.78 is 25.4. The van der Waals surface area contributed by atoms with Crippen LogP contribution in [0.4, 0.5) is 10.1 Å². The van der Waals surface area contributed by atoms with Crippen LogP contribution in [0.2, 0.25) is 0 Å². The molecular formula is C30H23FN4O5. The van der Waals surface area contributed by atoms with Crippen LogP contribution in [-0.2, 0) is 32.9 Å². The first-order valence-corrected chi connectivity index (χ1v) is 13.1. The largest absolute Gasteiger partial charge is 0.454 e. The zero-order valence-electron chi connectivity index (χ0n) is 21.1. The fraction of sp³-hybridized carbons (Fsp3) is 0.233. The number of hydrogen-bond acceptors (Lipinski definition) is 6. The van der Waals surface area contributed by atoms with Crippen molar-refractivity contribution in [3.8, 4) is 11.5 Å². The van der Waals surface area contributed by atoms with Gasteiger partial charge >= 0.3 is 0 Å². The molecule has 0 aliphatic carbocycles. The van der Waals surface area contributed by atoms with E-state index >= 15 is 0 Å². The second kappa shape index (κ2) is 8.15. The second-order valence-electron chi connectivity index (χ2n) is 10.7. The molecule has 0 unspecified atom stereocenters. The van der Waals surface area contributed by atoms with Gasteiger partial charge in [0.1, 0.15) is 11.4 Å². The quantitative estimate of drug-likeness (QED) is 0.344. The number of carbonyl (C=O) groups excluding carboxylic acids is 3. The lowest BCUT2D eigenvalue weighted by atomic mass is 9.76. The smallest absolute Gasteiger partial charge is 0.250 e. The number of anilines is 1. The third-order valence-electron chi connectivity index (χ3n) is 8.66. The third kappa shape index (κ3) is 3.07. The number of fused-ring (bicyclic) bond motifs is 6. The van der Waals surface area contributed by atoms with Gasteiger partial charge < -0.3 is 19.8 Å². The first-order valence-electron chi connectivity index (χ1n) is 13.1. The molecule has 4 aliphatic rings. The molecule has 8 rings (SSSR count). The standard InChI is InChI=1S/C30H23FN4O5/c31-17-6-7-21-19(11-17)30(29(38)33-21)26-25(22(34-30)10-16-12-32-20-4-2-1-3-18(16)20)27(36)35(28(26)37)13-15-5-8-23-24(9-15)40-14-39-23/h1-9,11-12,22,25-26,32,34H,10,13-14H2,(H,33,38)/t22-,25+,26-,30+/m0/s1. The van der Waals surface area contributed by atoms with Gasteiger partial charge in [-0.1, -0.05) is 24.3 Å². The van der Waals surface area contributed by atoms with E-state index in [-0.39, 0.29) is 19.2 Å². The van der Waals surface area contributed by atoms with Gasteiger partial charge in [-0.15, -0.1) is 0 Å². The molecule has 200 valence electrons. The van der Waals surface area contributed by atoms with E-state index in [1.165, 1.54) is 23.1 Å². The van der Waals surface area contributed by atoms with Crippen LogP contribution in [0.15, 0.2) is 66.9 Å². The van der Waals surface area contributed by atoms with Gasteiger partial charge in [-0.25, -0.2) is 4.39 Å². The van der Waals surface area contributed by atoms with Crippen LogP contribution >= 0.6 is 0 Å². The second-order valence-corrected chi connectivity index (χ2v) is 10.7. The molecule has 3 aromatic carbocycles. The van der Waals surface area contributed by atoms with Gasteiger partial charge in [0.15, 0.2) is 11.5 Å². The van der Waals surface area contributed by atoms with Gasteiger partial charge in [-0.2, -0.15) is 0 Å². The molecule has 0 radical (unpaired) electrons. The molecule has 3 N–H and O–H groups in total. The van der Waals surface area contributed by atoms with Gasteiger partial charge in [0.25, 0.3) is 0 Å². The van der Waals surface area contributed by atoms with E-state index in [0.29, 0.717) is 34.7 Å². The summed E-state index contributed by atoms with van der Waals surface area (Å²) in [6.45, 7) is 0.133. The Morgan fingerprint density at radius 3 is 2.73 bits per heavy atom. The number of rotatable bonds is 4. The fourth-order valence-electron chi connectivity index (χ4n) is 6.92. The van der Waals surface area contributed by atoms with Gasteiger partial charge in [0.05, 0.1) is 18.4 Å². The van der Waals surface area contributed by atoms with E-state index < -0.39 is 41.0 Å². The first kappa shape index (κ1) is 23.2. The molecule has 10 heteroatoms. The minimum Gasteiger partial charge on any atom is -0.454 e. The first-order chi connectivity index (χ1) is 19.4. The Balaban J connectivity index is 1.22. The van der Waals surface area contributed by atoms with Crippen molar-refractivity contribution in [2.24, 2.45) is 11.8 Å². The van der Waals surface area contributed by atoms with Gasteiger partial charge in [-0.05, 0) is 53.9 Å². The number of H-pyrrole nitrogens is 1. The number of amides is 3. The highest BCUT2D eigenvalue weighted by Gasteiger charge is 2.70. The number of nitrogens with one attached hydrogen (secondary N) is 3. The molecule has 1 spiro atoms. The molecule has 1 aromatic heterocycles. The Kier molecular flexibility index (Phi) is 4.73. The van der Waals surface area contributed by atoms with Gasteiger partial charge in [0.2, 0.25) is 24.5 Å². The van der Waals surface area contributed by atoms with Crippen LogP contribution in [0.25, 0.3) is 10.9 Å². The van der Waals surface area contributed by atoms with E-state index in [1.54, 1.807) is 18.2 Å².